The minimum absolute atomic E-state index is 0.139. The van der Waals surface area contributed by atoms with E-state index in [-0.39, 0.29) is 10.8 Å². The SMILES string of the molecule is C=CC[C@]1(CC(=C)C)C[C@]1(C)C#N. The number of rotatable bonds is 4. The number of hydrogen-bond donors (Lipinski definition) is 0. The van der Waals surface area contributed by atoms with Crippen molar-refractivity contribution in [3.05, 3.63) is 24.8 Å². The number of hydrogen-bond acceptors (Lipinski definition) is 1. The van der Waals surface area contributed by atoms with Crippen LogP contribution in [-0.2, 0) is 0 Å². The Bertz CT molecular complexity index is 284. The summed E-state index contributed by atoms with van der Waals surface area (Å²) in [6.07, 6.45) is 4.81. The van der Waals surface area contributed by atoms with E-state index in [1.165, 1.54) is 5.57 Å². The molecule has 0 aromatic heterocycles. The molecule has 0 saturated heterocycles. The average molecular weight is 175 g/mol. The maximum Gasteiger partial charge on any atom is 0.0693 e. The van der Waals surface area contributed by atoms with Crippen molar-refractivity contribution in [1.29, 1.82) is 5.26 Å². The summed E-state index contributed by atoms with van der Waals surface area (Å²) in [5.74, 6) is 0. The van der Waals surface area contributed by atoms with Crippen LogP contribution in [0.15, 0.2) is 24.8 Å². The molecule has 0 aromatic carbocycles. The zero-order valence-electron chi connectivity index (χ0n) is 8.56. The lowest BCUT2D eigenvalue weighted by Crippen LogP contribution is -2.09. The van der Waals surface area contributed by atoms with Crippen LogP contribution in [0, 0.1) is 22.2 Å². The molecule has 0 N–H and O–H groups in total. The Labute approximate surface area is 80.8 Å². The quantitative estimate of drug-likeness (QED) is 0.600. The van der Waals surface area contributed by atoms with Gasteiger partial charge in [0.2, 0.25) is 0 Å². The largest absolute Gasteiger partial charge is 0.198 e. The van der Waals surface area contributed by atoms with Gasteiger partial charge in [-0.1, -0.05) is 11.6 Å². The first-order valence-corrected chi connectivity index (χ1v) is 4.66. The Balaban J connectivity index is 2.77. The minimum atomic E-state index is -0.139. The summed E-state index contributed by atoms with van der Waals surface area (Å²) in [7, 11) is 0. The van der Waals surface area contributed by atoms with Crippen molar-refractivity contribution in [3.8, 4) is 6.07 Å². The van der Waals surface area contributed by atoms with E-state index in [0.29, 0.717) is 0 Å². The van der Waals surface area contributed by atoms with E-state index < -0.39 is 0 Å². The van der Waals surface area contributed by atoms with E-state index in [1.54, 1.807) is 0 Å². The number of nitrogens with zero attached hydrogens (tertiary/aromatic N) is 1. The molecule has 0 unspecified atom stereocenters. The summed E-state index contributed by atoms with van der Waals surface area (Å²) in [6, 6.07) is 2.41. The third-order valence-electron chi connectivity index (χ3n) is 3.16. The normalized spacial score (nSPS) is 36.4. The Hall–Kier alpha value is -1.03. The van der Waals surface area contributed by atoms with Crippen molar-refractivity contribution in [2.24, 2.45) is 10.8 Å². The second kappa shape index (κ2) is 3.03. The molecule has 1 nitrogen and oxygen atoms in total. The summed E-state index contributed by atoms with van der Waals surface area (Å²) in [4.78, 5) is 0. The highest BCUT2D eigenvalue weighted by atomic mass is 14.7. The predicted molar refractivity (Wildman–Crippen MR) is 55.0 cm³/mol. The molecule has 1 heteroatoms. The van der Waals surface area contributed by atoms with Gasteiger partial charge in [0.25, 0.3) is 0 Å². The molecule has 0 aromatic rings. The molecule has 1 saturated carbocycles. The van der Waals surface area contributed by atoms with Gasteiger partial charge in [0.1, 0.15) is 0 Å². The minimum Gasteiger partial charge on any atom is -0.198 e. The van der Waals surface area contributed by atoms with E-state index in [9.17, 15) is 0 Å². The van der Waals surface area contributed by atoms with Crippen LogP contribution in [0.4, 0.5) is 0 Å². The van der Waals surface area contributed by atoms with E-state index in [2.05, 4.69) is 19.2 Å². The monoisotopic (exact) mass is 175 g/mol. The fraction of sp³-hybridized carbons (Fsp3) is 0.583. The van der Waals surface area contributed by atoms with Crippen LogP contribution in [0.2, 0.25) is 0 Å². The van der Waals surface area contributed by atoms with E-state index >= 15 is 0 Å². The van der Waals surface area contributed by atoms with Crippen molar-refractivity contribution < 1.29 is 0 Å². The highest BCUT2D eigenvalue weighted by molar-refractivity contribution is 5.26. The molecule has 1 rings (SSSR count). The van der Waals surface area contributed by atoms with Gasteiger partial charge in [-0.2, -0.15) is 5.26 Å². The molecule has 1 fully saturated rings. The van der Waals surface area contributed by atoms with Gasteiger partial charge in [-0.15, -0.1) is 13.2 Å². The summed E-state index contributed by atoms with van der Waals surface area (Å²) < 4.78 is 0. The van der Waals surface area contributed by atoms with Crippen LogP contribution >= 0.6 is 0 Å². The highest BCUT2D eigenvalue weighted by Gasteiger charge is 2.63. The molecule has 2 atom stereocenters. The van der Waals surface area contributed by atoms with Crippen LogP contribution in [0.3, 0.4) is 0 Å². The Kier molecular flexibility index (Phi) is 2.34. The smallest absolute Gasteiger partial charge is 0.0693 e. The summed E-state index contributed by atoms with van der Waals surface area (Å²) in [5.41, 5.74) is 1.18. The molecular weight excluding hydrogens is 158 g/mol. The lowest BCUT2D eigenvalue weighted by Gasteiger charge is -2.16. The van der Waals surface area contributed by atoms with E-state index in [1.807, 2.05) is 19.9 Å². The van der Waals surface area contributed by atoms with Crippen LogP contribution in [-0.4, -0.2) is 0 Å². The predicted octanol–water partition coefficient (Wildman–Crippen LogP) is 3.45. The highest BCUT2D eigenvalue weighted by Crippen LogP contribution is 2.68. The molecular formula is C12H17N. The maximum absolute atomic E-state index is 9.03. The lowest BCUT2D eigenvalue weighted by atomic mass is 9.86. The molecule has 0 radical (unpaired) electrons. The average Bonchev–Trinajstić information content (AvgIpc) is 2.56. The summed E-state index contributed by atoms with van der Waals surface area (Å²) >= 11 is 0. The van der Waals surface area contributed by atoms with Crippen molar-refractivity contribution in [1.82, 2.24) is 0 Å². The first kappa shape index (κ1) is 10.1. The summed E-state index contributed by atoms with van der Waals surface area (Å²) in [5, 5.41) is 9.03. The van der Waals surface area contributed by atoms with Crippen molar-refractivity contribution in [2.75, 3.05) is 0 Å². The summed E-state index contributed by atoms with van der Waals surface area (Å²) in [6.45, 7) is 11.7. The first-order valence-electron chi connectivity index (χ1n) is 4.66. The zero-order valence-corrected chi connectivity index (χ0v) is 8.56. The molecule has 0 bridgehead atoms. The van der Waals surface area contributed by atoms with Crippen molar-refractivity contribution in [2.45, 2.75) is 33.1 Å². The van der Waals surface area contributed by atoms with Gasteiger partial charge < -0.3 is 0 Å². The molecule has 1 aliphatic rings. The van der Waals surface area contributed by atoms with Gasteiger partial charge in [-0.25, -0.2) is 0 Å². The third kappa shape index (κ3) is 1.54. The molecule has 1 aliphatic carbocycles. The second-order valence-corrected chi connectivity index (χ2v) is 4.53. The maximum atomic E-state index is 9.03. The van der Waals surface area contributed by atoms with E-state index in [0.717, 1.165) is 19.3 Å². The van der Waals surface area contributed by atoms with Gasteiger partial charge in [-0.3, -0.25) is 0 Å². The molecule has 0 heterocycles. The van der Waals surface area contributed by atoms with Gasteiger partial charge in [0, 0.05) is 0 Å². The second-order valence-electron chi connectivity index (χ2n) is 4.53. The Morgan fingerprint density at radius 1 is 1.69 bits per heavy atom. The molecule has 0 amide bonds. The van der Waals surface area contributed by atoms with Crippen LogP contribution in [0.1, 0.15) is 33.1 Å². The fourth-order valence-corrected chi connectivity index (χ4v) is 2.27. The van der Waals surface area contributed by atoms with E-state index in [4.69, 9.17) is 5.26 Å². The zero-order chi connectivity index (χ0) is 10.1. The fourth-order valence-electron chi connectivity index (χ4n) is 2.27. The molecule has 13 heavy (non-hydrogen) atoms. The van der Waals surface area contributed by atoms with Crippen molar-refractivity contribution >= 4 is 0 Å². The Morgan fingerprint density at radius 2 is 2.31 bits per heavy atom. The number of nitriles is 1. The molecule has 0 spiro atoms. The molecule has 70 valence electrons. The first-order chi connectivity index (χ1) is 5.99. The third-order valence-corrected chi connectivity index (χ3v) is 3.16. The topological polar surface area (TPSA) is 23.8 Å². The van der Waals surface area contributed by atoms with Gasteiger partial charge in [0.05, 0.1) is 11.5 Å². The van der Waals surface area contributed by atoms with Gasteiger partial charge in [0.15, 0.2) is 0 Å². The van der Waals surface area contributed by atoms with Gasteiger partial charge in [-0.05, 0) is 38.5 Å². The molecule has 0 aliphatic heterocycles. The van der Waals surface area contributed by atoms with Crippen LogP contribution in [0.25, 0.3) is 0 Å². The standard InChI is InChI=1S/C12H17N/c1-5-6-12(7-10(2)3)8-11(12,4)9-13/h5H,1-2,6-8H2,3-4H3/t11-,12+/m1/s1. The Morgan fingerprint density at radius 3 is 2.62 bits per heavy atom. The number of allylic oxidation sites excluding steroid dienone is 2. The van der Waals surface area contributed by atoms with Crippen LogP contribution in [0.5, 0.6) is 0 Å². The van der Waals surface area contributed by atoms with Crippen molar-refractivity contribution in [3.63, 3.8) is 0 Å². The van der Waals surface area contributed by atoms with Crippen LogP contribution < -0.4 is 0 Å². The lowest BCUT2D eigenvalue weighted by molar-refractivity contribution is 0.420. The van der Waals surface area contributed by atoms with Gasteiger partial charge >= 0.3 is 0 Å².